The van der Waals surface area contributed by atoms with Gasteiger partial charge in [0.1, 0.15) is 0 Å². The fourth-order valence-electron chi connectivity index (χ4n) is 6.12. The third-order valence-corrected chi connectivity index (χ3v) is 7.40. The van der Waals surface area contributed by atoms with Crippen molar-refractivity contribution in [3.63, 3.8) is 0 Å². The lowest BCUT2D eigenvalue weighted by atomic mass is 9.48. The Morgan fingerprint density at radius 3 is 2.80 bits per heavy atom. The fourth-order valence-corrected chi connectivity index (χ4v) is 6.12. The quantitative estimate of drug-likeness (QED) is 0.645. The molecule has 1 N–H and O–H groups in total. The zero-order valence-electron chi connectivity index (χ0n) is 12.9. The first-order chi connectivity index (χ1) is 9.53. The second-order valence-corrected chi connectivity index (χ2v) is 8.34. The number of hydrogen-bond acceptors (Lipinski definition) is 1. The summed E-state index contributed by atoms with van der Waals surface area (Å²) >= 11 is 0. The van der Waals surface area contributed by atoms with Crippen molar-refractivity contribution >= 4 is 0 Å². The Morgan fingerprint density at radius 2 is 1.95 bits per heavy atom. The lowest BCUT2D eigenvalue weighted by molar-refractivity contribution is -0.0263. The first-order valence-electron chi connectivity index (χ1n) is 8.58. The van der Waals surface area contributed by atoms with E-state index < -0.39 is 0 Å². The molecule has 1 heteroatoms. The highest BCUT2D eigenvalue weighted by atomic mass is 16.3. The number of hydrogen-bond donors (Lipinski definition) is 1. The standard InChI is InChI=1S/C19H28O/c1-18-9-3-4-16(18)15-6-5-13-12-14(20)7-11-19(13,2)17(15)8-10-18/h3,5,9,14-17,20H,4,6-8,10-12H2,1-2H3/t14-,15?,16?,17?,18?,19?/m0/s1. The Kier molecular flexibility index (Phi) is 2.77. The van der Waals surface area contributed by atoms with Crippen molar-refractivity contribution in [1.82, 2.24) is 0 Å². The van der Waals surface area contributed by atoms with Crippen LogP contribution >= 0.6 is 0 Å². The zero-order valence-corrected chi connectivity index (χ0v) is 12.9. The maximum absolute atomic E-state index is 10.00. The summed E-state index contributed by atoms with van der Waals surface area (Å²) < 4.78 is 0. The van der Waals surface area contributed by atoms with Crippen LogP contribution in [-0.4, -0.2) is 11.2 Å². The first-order valence-corrected chi connectivity index (χ1v) is 8.58. The molecule has 2 fully saturated rings. The van der Waals surface area contributed by atoms with E-state index >= 15 is 0 Å². The van der Waals surface area contributed by atoms with Gasteiger partial charge in [-0.25, -0.2) is 0 Å². The fraction of sp³-hybridized carbons (Fsp3) is 0.789. The van der Waals surface area contributed by atoms with Crippen molar-refractivity contribution in [3.05, 3.63) is 23.8 Å². The number of allylic oxidation sites excluding steroid dienone is 3. The van der Waals surface area contributed by atoms with Gasteiger partial charge in [-0.05, 0) is 73.5 Å². The van der Waals surface area contributed by atoms with E-state index in [0.29, 0.717) is 10.8 Å². The molecule has 20 heavy (non-hydrogen) atoms. The zero-order chi connectivity index (χ0) is 14.0. The SMILES string of the molecule is CC12C=CCC1C1CC=C3C[C@@H](O)CCC3(C)C1CC2. The summed E-state index contributed by atoms with van der Waals surface area (Å²) in [4.78, 5) is 0. The van der Waals surface area contributed by atoms with Gasteiger partial charge in [0.05, 0.1) is 6.10 Å². The maximum atomic E-state index is 10.00. The van der Waals surface area contributed by atoms with Crippen LogP contribution in [0.5, 0.6) is 0 Å². The highest BCUT2D eigenvalue weighted by molar-refractivity contribution is 5.26. The lowest BCUT2D eigenvalue weighted by Gasteiger charge is -2.57. The van der Waals surface area contributed by atoms with Crippen LogP contribution in [0.3, 0.4) is 0 Å². The second-order valence-electron chi connectivity index (χ2n) is 8.34. The summed E-state index contributed by atoms with van der Waals surface area (Å²) in [5.74, 6) is 2.63. The molecule has 110 valence electrons. The van der Waals surface area contributed by atoms with Crippen LogP contribution in [0.1, 0.15) is 58.8 Å². The molecule has 0 aromatic carbocycles. The van der Waals surface area contributed by atoms with E-state index in [1.54, 1.807) is 5.57 Å². The van der Waals surface area contributed by atoms with Crippen LogP contribution in [0.15, 0.2) is 23.8 Å². The van der Waals surface area contributed by atoms with Crippen molar-refractivity contribution in [2.45, 2.75) is 64.9 Å². The van der Waals surface area contributed by atoms with Crippen LogP contribution in [0.4, 0.5) is 0 Å². The molecule has 0 saturated heterocycles. The molecule has 0 amide bonds. The van der Waals surface area contributed by atoms with E-state index in [9.17, 15) is 5.11 Å². The van der Waals surface area contributed by atoms with Gasteiger partial charge in [0.15, 0.2) is 0 Å². The minimum Gasteiger partial charge on any atom is -0.393 e. The van der Waals surface area contributed by atoms with Gasteiger partial charge in [0, 0.05) is 0 Å². The predicted octanol–water partition coefficient (Wildman–Crippen LogP) is 4.48. The molecule has 0 bridgehead atoms. The van der Waals surface area contributed by atoms with Crippen molar-refractivity contribution in [2.24, 2.45) is 28.6 Å². The molecule has 0 aromatic rings. The van der Waals surface area contributed by atoms with Gasteiger partial charge in [-0.1, -0.05) is 37.6 Å². The molecule has 0 aliphatic heterocycles. The minimum absolute atomic E-state index is 0.0760. The number of fused-ring (bicyclic) bond motifs is 5. The largest absolute Gasteiger partial charge is 0.393 e. The molecule has 6 atom stereocenters. The Bertz CT molecular complexity index is 476. The molecular weight excluding hydrogens is 244 g/mol. The molecule has 0 spiro atoms. The number of rotatable bonds is 0. The van der Waals surface area contributed by atoms with Gasteiger partial charge < -0.3 is 5.11 Å². The van der Waals surface area contributed by atoms with Gasteiger partial charge in [0.25, 0.3) is 0 Å². The summed E-state index contributed by atoms with van der Waals surface area (Å²) in [6.45, 7) is 5.00. The lowest BCUT2D eigenvalue weighted by Crippen LogP contribution is -2.49. The molecule has 0 heterocycles. The van der Waals surface area contributed by atoms with Crippen molar-refractivity contribution in [2.75, 3.05) is 0 Å². The molecule has 0 radical (unpaired) electrons. The van der Waals surface area contributed by atoms with Gasteiger partial charge >= 0.3 is 0 Å². The summed E-state index contributed by atoms with van der Waals surface area (Å²) in [7, 11) is 0. The predicted molar refractivity (Wildman–Crippen MR) is 82.2 cm³/mol. The van der Waals surface area contributed by atoms with Crippen LogP contribution in [0.25, 0.3) is 0 Å². The van der Waals surface area contributed by atoms with E-state index in [1.807, 2.05) is 0 Å². The maximum Gasteiger partial charge on any atom is 0.0577 e. The third kappa shape index (κ3) is 1.65. The molecule has 4 aliphatic carbocycles. The van der Waals surface area contributed by atoms with Crippen LogP contribution < -0.4 is 0 Å². The van der Waals surface area contributed by atoms with Gasteiger partial charge in [0.2, 0.25) is 0 Å². The van der Waals surface area contributed by atoms with Gasteiger partial charge in [-0.15, -0.1) is 0 Å². The average molecular weight is 272 g/mol. The van der Waals surface area contributed by atoms with Gasteiger partial charge in [-0.3, -0.25) is 0 Å². The van der Waals surface area contributed by atoms with Crippen molar-refractivity contribution in [1.29, 1.82) is 0 Å². The minimum atomic E-state index is -0.0760. The molecule has 1 nitrogen and oxygen atoms in total. The normalized spacial score (nSPS) is 53.9. The summed E-state index contributed by atoms with van der Waals surface area (Å²) in [6.07, 6.45) is 15.9. The monoisotopic (exact) mass is 272 g/mol. The van der Waals surface area contributed by atoms with Crippen LogP contribution in [-0.2, 0) is 0 Å². The van der Waals surface area contributed by atoms with E-state index in [2.05, 4.69) is 32.1 Å². The van der Waals surface area contributed by atoms with E-state index in [1.165, 1.54) is 32.1 Å². The summed E-state index contributed by atoms with van der Waals surface area (Å²) in [5, 5.41) is 10.00. The molecule has 0 aromatic heterocycles. The second kappa shape index (κ2) is 4.22. The molecule has 5 unspecified atom stereocenters. The first kappa shape index (κ1) is 13.1. The number of aliphatic hydroxyl groups is 1. The summed E-state index contributed by atoms with van der Waals surface area (Å²) in [5.41, 5.74) is 2.47. The Hall–Kier alpha value is -0.560. The highest BCUT2D eigenvalue weighted by Crippen LogP contribution is 2.63. The molecule has 4 aliphatic rings. The Labute approximate surface area is 123 Å². The average Bonchev–Trinajstić information content (AvgIpc) is 2.81. The summed E-state index contributed by atoms with van der Waals surface area (Å²) in [6, 6.07) is 0. The van der Waals surface area contributed by atoms with Crippen molar-refractivity contribution in [3.8, 4) is 0 Å². The van der Waals surface area contributed by atoms with Gasteiger partial charge in [-0.2, -0.15) is 0 Å². The number of aliphatic hydroxyl groups excluding tert-OH is 1. The Balaban J connectivity index is 1.68. The highest BCUT2D eigenvalue weighted by Gasteiger charge is 2.54. The molecular formula is C19H28O. The van der Waals surface area contributed by atoms with E-state index in [0.717, 1.165) is 30.6 Å². The van der Waals surface area contributed by atoms with Crippen LogP contribution in [0, 0.1) is 28.6 Å². The van der Waals surface area contributed by atoms with E-state index in [4.69, 9.17) is 0 Å². The smallest absolute Gasteiger partial charge is 0.0577 e. The Morgan fingerprint density at radius 1 is 1.10 bits per heavy atom. The van der Waals surface area contributed by atoms with Crippen LogP contribution in [0.2, 0.25) is 0 Å². The topological polar surface area (TPSA) is 20.2 Å². The van der Waals surface area contributed by atoms with E-state index in [-0.39, 0.29) is 6.10 Å². The third-order valence-electron chi connectivity index (χ3n) is 7.40. The molecule has 2 saturated carbocycles. The molecule has 4 rings (SSSR count). The van der Waals surface area contributed by atoms with Crippen molar-refractivity contribution < 1.29 is 5.11 Å².